The molecule has 5 nitrogen and oxygen atoms in total. The monoisotopic (exact) mass is 326 g/mol. The van der Waals surface area contributed by atoms with Crippen LogP contribution >= 0.6 is 11.3 Å². The zero-order valence-electron chi connectivity index (χ0n) is 12.1. The van der Waals surface area contributed by atoms with Crippen LogP contribution in [-0.2, 0) is 10.0 Å². The summed E-state index contributed by atoms with van der Waals surface area (Å²) >= 11 is 1.14. The standard InChI is InChI=1S/C14H18N2O3S2/c1-10(2)13(11-4-7-15-8-5-11)16-21(17,18)14-12(19-3)6-9-20-14/h4-10,13,16H,1-3H3/t13-/m0/s1. The van der Waals surface area contributed by atoms with E-state index >= 15 is 0 Å². The lowest BCUT2D eigenvalue weighted by atomic mass is 9.98. The van der Waals surface area contributed by atoms with Crippen LogP contribution < -0.4 is 9.46 Å². The first-order chi connectivity index (χ1) is 9.95. The summed E-state index contributed by atoms with van der Waals surface area (Å²) < 4.78 is 33.2. The third-order valence-electron chi connectivity index (χ3n) is 3.07. The smallest absolute Gasteiger partial charge is 0.254 e. The van der Waals surface area contributed by atoms with Gasteiger partial charge in [-0.3, -0.25) is 4.98 Å². The van der Waals surface area contributed by atoms with E-state index in [1.807, 2.05) is 26.0 Å². The number of methoxy groups -OCH3 is 1. The molecule has 21 heavy (non-hydrogen) atoms. The molecular weight excluding hydrogens is 308 g/mol. The topological polar surface area (TPSA) is 68.3 Å². The van der Waals surface area contributed by atoms with Crippen LogP contribution in [0.4, 0.5) is 0 Å². The molecule has 0 unspecified atom stereocenters. The van der Waals surface area contributed by atoms with Crippen molar-refractivity contribution < 1.29 is 13.2 Å². The van der Waals surface area contributed by atoms with Crippen LogP contribution in [0.1, 0.15) is 25.5 Å². The minimum Gasteiger partial charge on any atom is -0.494 e. The fraction of sp³-hybridized carbons (Fsp3) is 0.357. The van der Waals surface area contributed by atoms with Crippen LogP contribution in [0.5, 0.6) is 5.75 Å². The van der Waals surface area contributed by atoms with Crippen molar-refractivity contribution in [1.82, 2.24) is 9.71 Å². The summed E-state index contributed by atoms with van der Waals surface area (Å²) in [6.07, 6.45) is 3.31. The second-order valence-electron chi connectivity index (χ2n) is 4.90. The van der Waals surface area contributed by atoms with Crippen LogP contribution in [0.3, 0.4) is 0 Å². The van der Waals surface area contributed by atoms with Crippen molar-refractivity contribution in [3.8, 4) is 5.75 Å². The number of pyridine rings is 1. The lowest BCUT2D eigenvalue weighted by Gasteiger charge is -2.22. The first-order valence-corrected chi connectivity index (χ1v) is 8.85. The molecule has 0 saturated carbocycles. The largest absolute Gasteiger partial charge is 0.494 e. The molecule has 0 fully saturated rings. The van der Waals surface area contributed by atoms with Gasteiger partial charge in [0.25, 0.3) is 10.0 Å². The summed E-state index contributed by atoms with van der Waals surface area (Å²) in [5.41, 5.74) is 0.888. The second kappa shape index (κ2) is 6.55. The summed E-state index contributed by atoms with van der Waals surface area (Å²) in [7, 11) is -2.17. The van der Waals surface area contributed by atoms with Gasteiger partial charge in [-0.05, 0) is 35.1 Å². The number of nitrogens with one attached hydrogen (secondary N) is 1. The molecule has 0 spiro atoms. The number of rotatable bonds is 6. The van der Waals surface area contributed by atoms with E-state index in [-0.39, 0.29) is 16.2 Å². The van der Waals surface area contributed by atoms with E-state index in [0.717, 1.165) is 16.9 Å². The van der Waals surface area contributed by atoms with Gasteiger partial charge in [-0.1, -0.05) is 13.8 Å². The second-order valence-corrected chi connectivity index (χ2v) is 7.73. The molecule has 2 rings (SSSR count). The number of nitrogens with zero attached hydrogens (tertiary/aromatic N) is 1. The predicted molar refractivity (Wildman–Crippen MR) is 83.0 cm³/mol. The minimum absolute atomic E-state index is 0.105. The van der Waals surface area contributed by atoms with E-state index in [2.05, 4.69) is 9.71 Å². The number of thiophene rings is 1. The van der Waals surface area contributed by atoms with Gasteiger partial charge in [0.15, 0.2) is 4.21 Å². The molecule has 1 N–H and O–H groups in total. The van der Waals surface area contributed by atoms with Crippen LogP contribution in [0, 0.1) is 5.92 Å². The number of hydrogen-bond donors (Lipinski definition) is 1. The molecule has 0 aliphatic carbocycles. The highest BCUT2D eigenvalue weighted by Crippen LogP contribution is 2.31. The Morgan fingerprint density at radius 3 is 2.48 bits per heavy atom. The Kier molecular flexibility index (Phi) is 4.97. The van der Waals surface area contributed by atoms with E-state index < -0.39 is 10.0 Å². The Balaban J connectivity index is 2.33. The average Bonchev–Trinajstić information content (AvgIpc) is 2.95. The first-order valence-electron chi connectivity index (χ1n) is 6.49. The maximum atomic E-state index is 12.6. The van der Waals surface area contributed by atoms with Gasteiger partial charge in [-0.25, -0.2) is 13.1 Å². The zero-order valence-corrected chi connectivity index (χ0v) is 13.7. The van der Waals surface area contributed by atoms with E-state index in [1.165, 1.54) is 7.11 Å². The van der Waals surface area contributed by atoms with Crippen molar-refractivity contribution in [3.05, 3.63) is 41.5 Å². The number of hydrogen-bond acceptors (Lipinski definition) is 5. The molecule has 0 bridgehead atoms. The molecule has 1 atom stereocenters. The lowest BCUT2D eigenvalue weighted by molar-refractivity contribution is 0.404. The molecular formula is C14H18N2O3S2. The van der Waals surface area contributed by atoms with Gasteiger partial charge >= 0.3 is 0 Å². The molecule has 0 amide bonds. The van der Waals surface area contributed by atoms with Crippen molar-refractivity contribution in [2.24, 2.45) is 5.92 Å². The molecule has 2 heterocycles. The molecule has 2 aromatic heterocycles. The summed E-state index contributed by atoms with van der Waals surface area (Å²) in [6, 6.07) is 4.97. The van der Waals surface area contributed by atoms with Gasteiger partial charge in [0.2, 0.25) is 0 Å². The third-order valence-corrected chi connectivity index (χ3v) is 5.96. The summed E-state index contributed by atoms with van der Waals surface area (Å²) in [4.78, 5) is 3.97. The Morgan fingerprint density at radius 1 is 1.24 bits per heavy atom. The fourth-order valence-corrected chi connectivity index (χ4v) is 4.68. The highest BCUT2D eigenvalue weighted by Gasteiger charge is 2.27. The zero-order chi connectivity index (χ0) is 15.5. The molecule has 7 heteroatoms. The maximum absolute atomic E-state index is 12.6. The Morgan fingerprint density at radius 2 is 1.90 bits per heavy atom. The van der Waals surface area contributed by atoms with Gasteiger partial charge in [0, 0.05) is 18.4 Å². The van der Waals surface area contributed by atoms with Crippen molar-refractivity contribution >= 4 is 21.4 Å². The van der Waals surface area contributed by atoms with Crippen molar-refractivity contribution in [2.75, 3.05) is 7.11 Å². The van der Waals surface area contributed by atoms with E-state index in [9.17, 15) is 8.42 Å². The maximum Gasteiger partial charge on any atom is 0.254 e. The number of ether oxygens (including phenoxy) is 1. The van der Waals surface area contributed by atoms with Crippen LogP contribution in [0.15, 0.2) is 40.2 Å². The quantitative estimate of drug-likeness (QED) is 0.886. The first kappa shape index (κ1) is 15.9. The third kappa shape index (κ3) is 3.61. The average molecular weight is 326 g/mol. The van der Waals surface area contributed by atoms with Gasteiger partial charge in [-0.2, -0.15) is 0 Å². The normalized spacial score (nSPS) is 13.3. The van der Waals surface area contributed by atoms with Gasteiger partial charge in [-0.15, -0.1) is 11.3 Å². The van der Waals surface area contributed by atoms with E-state index in [1.54, 1.807) is 23.8 Å². The van der Waals surface area contributed by atoms with E-state index in [0.29, 0.717) is 5.75 Å². The number of aromatic nitrogens is 1. The molecule has 0 radical (unpaired) electrons. The Bertz CT molecular complexity index is 681. The fourth-order valence-electron chi connectivity index (χ4n) is 2.01. The summed E-state index contributed by atoms with van der Waals surface area (Å²) in [5.74, 6) is 0.470. The van der Waals surface area contributed by atoms with Crippen LogP contribution in [0.25, 0.3) is 0 Å². The highest BCUT2D eigenvalue weighted by molar-refractivity contribution is 7.91. The lowest BCUT2D eigenvalue weighted by Crippen LogP contribution is -2.31. The Labute approximate surface area is 129 Å². The Hall–Kier alpha value is -1.44. The van der Waals surface area contributed by atoms with Gasteiger partial charge in [0.1, 0.15) is 5.75 Å². The van der Waals surface area contributed by atoms with Crippen molar-refractivity contribution in [3.63, 3.8) is 0 Å². The van der Waals surface area contributed by atoms with Gasteiger partial charge < -0.3 is 4.74 Å². The molecule has 0 saturated heterocycles. The predicted octanol–water partition coefficient (Wildman–Crippen LogP) is 2.83. The molecule has 0 aliphatic heterocycles. The molecule has 0 aromatic carbocycles. The van der Waals surface area contributed by atoms with Crippen molar-refractivity contribution in [1.29, 1.82) is 0 Å². The van der Waals surface area contributed by atoms with Crippen LogP contribution in [-0.4, -0.2) is 20.5 Å². The number of sulfonamides is 1. The van der Waals surface area contributed by atoms with Crippen LogP contribution in [0.2, 0.25) is 0 Å². The highest BCUT2D eigenvalue weighted by atomic mass is 32.2. The molecule has 114 valence electrons. The minimum atomic E-state index is -3.63. The SMILES string of the molecule is COc1ccsc1S(=O)(=O)N[C@H](c1ccncc1)C(C)C. The molecule has 2 aromatic rings. The van der Waals surface area contributed by atoms with Crippen molar-refractivity contribution in [2.45, 2.75) is 24.1 Å². The summed E-state index contributed by atoms with van der Waals surface area (Å²) in [6.45, 7) is 3.94. The van der Waals surface area contributed by atoms with Gasteiger partial charge in [0.05, 0.1) is 7.11 Å². The summed E-state index contributed by atoms with van der Waals surface area (Å²) in [5, 5.41) is 1.70. The van der Waals surface area contributed by atoms with E-state index in [4.69, 9.17) is 4.74 Å². The molecule has 0 aliphatic rings.